The van der Waals surface area contributed by atoms with Crippen LogP contribution in [0.2, 0.25) is 0 Å². The Hall–Kier alpha value is -2.83. The third-order valence-corrected chi connectivity index (χ3v) is 3.40. The van der Waals surface area contributed by atoms with E-state index >= 15 is 0 Å². The van der Waals surface area contributed by atoms with Gasteiger partial charge in [-0.25, -0.2) is 8.78 Å². The fraction of sp³-hybridized carbons (Fsp3) is 0.235. The van der Waals surface area contributed by atoms with Crippen molar-refractivity contribution < 1.29 is 27.8 Å². The number of hydrogen-bond donors (Lipinski definition) is 1. The van der Waals surface area contributed by atoms with Crippen molar-refractivity contribution in [1.82, 2.24) is 5.32 Å². The monoisotopic (exact) mass is 337 g/mol. The van der Waals surface area contributed by atoms with Gasteiger partial charge in [-0.15, -0.1) is 0 Å². The van der Waals surface area contributed by atoms with E-state index < -0.39 is 17.5 Å². The Morgan fingerprint density at radius 3 is 2.21 bits per heavy atom. The van der Waals surface area contributed by atoms with Crippen LogP contribution in [-0.2, 0) is 6.54 Å². The van der Waals surface area contributed by atoms with Gasteiger partial charge in [0.1, 0.15) is 17.4 Å². The first-order valence-corrected chi connectivity index (χ1v) is 7.02. The van der Waals surface area contributed by atoms with Crippen LogP contribution >= 0.6 is 0 Å². The number of carbonyl (C=O) groups is 1. The molecule has 0 spiro atoms. The molecule has 0 aliphatic heterocycles. The fourth-order valence-electron chi connectivity index (χ4n) is 2.17. The number of rotatable bonds is 6. The van der Waals surface area contributed by atoms with Gasteiger partial charge in [0.25, 0.3) is 5.91 Å². The summed E-state index contributed by atoms with van der Waals surface area (Å²) >= 11 is 0. The molecule has 0 aromatic heterocycles. The summed E-state index contributed by atoms with van der Waals surface area (Å²) in [4.78, 5) is 12.1. The van der Waals surface area contributed by atoms with Crippen LogP contribution in [0.25, 0.3) is 0 Å². The van der Waals surface area contributed by atoms with Crippen LogP contribution in [0.3, 0.4) is 0 Å². The quantitative estimate of drug-likeness (QED) is 0.881. The standard InChI is InChI=1S/C17H17F2NO4/c1-22-14-8-16(24-3)15(23-2)6-10(14)9-20-17(21)12-7-11(18)4-5-13(12)19/h4-8H,9H2,1-3H3,(H,20,21). The lowest BCUT2D eigenvalue weighted by Gasteiger charge is -2.14. The molecular formula is C17H17F2NO4. The van der Waals surface area contributed by atoms with Crippen molar-refractivity contribution in [2.75, 3.05) is 21.3 Å². The highest BCUT2D eigenvalue weighted by Crippen LogP contribution is 2.34. The Kier molecular flexibility index (Phi) is 5.57. The topological polar surface area (TPSA) is 56.8 Å². The third-order valence-electron chi connectivity index (χ3n) is 3.40. The van der Waals surface area contributed by atoms with Gasteiger partial charge in [0.05, 0.1) is 26.9 Å². The van der Waals surface area contributed by atoms with Crippen molar-refractivity contribution in [2.24, 2.45) is 0 Å². The van der Waals surface area contributed by atoms with E-state index in [0.29, 0.717) is 22.8 Å². The van der Waals surface area contributed by atoms with E-state index in [1.807, 2.05) is 0 Å². The number of carbonyl (C=O) groups excluding carboxylic acids is 1. The molecule has 7 heteroatoms. The molecular weight excluding hydrogens is 320 g/mol. The van der Waals surface area contributed by atoms with Crippen molar-refractivity contribution in [1.29, 1.82) is 0 Å². The zero-order valence-corrected chi connectivity index (χ0v) is 13.5. The Balaban J connectivity index is 2.22. The van der Waals surface area contributed by atoms with Gasteiger partial charge in [-0.1, -0.05) is 0 Å². The predicted molar refractivity (Wildman–Crippen MR) is 83.6 cm³/mol. The Morgan fingerprint density at radius 2 is 1.58 bits per heavy atom. The van der Waals surface area contributed by atoms with Crippen LogP contribution in [0.5, 0.6) is 17.2 Å². The van der Waals surface area contributed by atoms with E-state index in [-0.39, 0.29) is 12.1 Å². The van der Waals surface area contributed by atoms with E-state index in [1.165, 1.54) is 21.3 Å². The van der Waals surface area contributed by atoms with Gasteiger partial charge in [0, 0.05) is 18.2 Å². The molecule has 5 nitrogen and oxygen atoms in total. The Bertz CT molecular complexity index is 750. The van der Waals surface area contributed by atoms with Crippen LogP contribution in [-0.4, -0.2) is 27.2 Å². The smallest absolute Gasteiger partial charge is 0.254 e. The molecule has 0 saturated heterocycles. The summed E-state index contributed by atoms with van der Waals surface area (Å²) in [6.07, 6.45) is 0. The maximum atomic E-state index is 13.6. The Labute approximate surface area is 138 Å². The number of halogens is 2. The number of nitrogens with one attached hydrogen (secondary N) is 1. The van der Waals surface area contributed by atoms with Crippen molar-refractivity contribution in [2.45, 2.75) is 6.54 Å². The lowest BCUT2D eigenvalue weighted by atomic mass is 10.1. The van der Waals surface area contributed by atoms with Crippen LogP contribution in [0, 0.1) is 11.6 Å². The van der Waals surface area contributed by atoms with Crippen LogP contribution < -0.4 is 19.5 Å². The maximum Gasteiger partial charge on any atom is 0.254 e. The summed E-state index contributed by atoms with van der Waals surface area (Å²) in [6, 6.07) is 5.95. The summed E-state index contributed by atoms with van der Waals surface area (Å²) in [5, 5.41) is 2.52. The van der Waals surface area contributed by atoms with Gasteiger partial charge in [-0.3, -0.25) is 4.79 Å². The second-order valence-electron chi connectivity index (χ2n) is 4.83. The summed E-state index contributed by atoms with van der Waals surface area (Å²) in [5.74, 6) is -0.824. The number of amides is 1. The highest BCUT2D eigenvalue weighted by Gasteiger charge is 2.15. The maximum absolute atomic E-state index is 13.6. The minimum Gasteiger partial charge on any atom is -0.496 e. The molecule has 0 saturated carbocycles. The molecule has 0 heterocycles. The summed E-state index contributed by atoms with van der Waals surface area (Å²) in [5.41, 5.74) is 0.231. The van der Waals surface area contributed by atoms with Crippen LogP contribution in [0.1, 0.15) is 15.9 Å². The molecule has 2 aromatic carbocycles. The Morgan fingerprint density at radius 1 is 0.958 bits per heavy atom. The van der Waals surface area contributed by atoms with Crippen molar-refractivity contribution in [3.8, 4) is 17.2 Å². The summed E-state index contributed by atoms with van der Waals surface area (Å²) < 4.78 is 42.4. The van der Waals surface area contributed by atoms with Crippen LogP contribution in [0.15, 0.2) is 30.3 Å². The highest BCUT2D eigenvalue weighted by atomic mass is 19.1. The van der Waals surface area contributed by atoms with Crippen molar-refractivity contribution in [3.63, 3.8) is 0 Å². The number of benzene rings is 2. The highest BCUT2D eigenvalue weighted by molar-refractivity contribution is 5.94. The van der Waals surface area contributed by atoms with Gasteiger partial charge in [-0.05, 0) is 24.3 Å². The second kappa shape index (κ2) is 7.63. The lowest BCUT2D eigenvalue weighted by molar-refractivity contribution is 0.0946. The average molecular weight is 337 g/mol. The molecule has 0 fully saturated rings. The third kappa shape index (κ3) is 3.73. The minimum atomic E-state index is -0.798. The molecule has 2 aromatic rings. The minimum absolute atomic E-state index is 0.0400. The zero-order chi connectivity index (χ0) is 17.7. The summed E-state index contributed by atoms with van der Waals surface area (Å²) in [7, 11) is 4.44. The second-order valence-corrected chi connectivity index (χ2v) is 4.83. The fourth-order valence-corrected chi connectivity index (χ4v) is 2.17. The van der Waals surface area contributed by atoms with Gasteiger partial charge in [0.2, 0.25) is 0 Å². The normalized spacial score (nSPS) is 10.2. The van der Waals surface area contributed by atoms with Crippen molar-refractivity contribution in [3.05, 3.63) is 53.1 Å². The molecule has 0 unspecified atom stereocenters. The van der Waals surface area contributed by atoms with E-state index in [1.54, 1.807) is 12.1 Å². The van der Waals surface area contributed by atoms with E-state index in [4.69, 9.17) is 14.2 Å². The zero-order valence-electron chi connectivity index (χ0n) is 13.5. The first kappa shape index (κ1) is 17.5. The molecule has 0 aliphatic rings. The van der Waals surface area contributed by atoms with E-state index in [0.717, 1.165) is 18.2 Å². The molecule has 0 bridgehead atoms. The van der Waals surface area contributed by atoms with E-state index in [9.17, 15) is 13.6 Å². The van der Waals surface area contributed by atoms with Gasteiger partial charge < -0.3 is 19.5 Å². The molecule has 1 N–H and O–H groups in total. The molecule has 128 valence electrons. The number of methoxy groups -OCH3 is 3. The van der Waals surface area contributed by atoms with Gasteiger partial charge in [0.15, 0.2) is 11.5 Å². The van der Waals surface area contributed by atoms with Crippen LogP contribution in [0.4, 0.5) is 8.78 Å². The van der Waals surface area contributed by atoms with Gasteiger partial charge >= 0.3 is 0 Å². The molecule has 0 atom stereocenters. The molecule has 24 heavy (non-hydrogen) atoms. The average Bonchev–Trinajstić information content (AvgIpc) is 2.60. The largest absolute Gasteiger partial charge is 0.496 e. The lowest BCUT2D eigenvalue weighted by Crippen LogP contribution is -2.24. The number of hydrogen-bond acceptors (Lipinski definition) is 4. The first-order chi connectivity index (χ1) is 11.5. The summed E-state index contributed by atoms with van der Waals surface area (Å²) in [6.45, 7) is 0.0400. The molecule has 0 radical (unpaired) electrons. The van der Waals surface area contributed by atoms with Crippen molar-refractivity contribution >= 4 is 5.91 Å². The van der Waals surface area contributed by atoms with E-state index in [2.05, 4.69) is 5.32 Å². The predicted octanol–water partition coefficient (Wildman–Crippen LogP) is 2.92. The molecule has 2 rings (SSSR count). The molecule has 0 aliphatic carbocycles. The SMILES string of the molecule is COc1cc(OC)c(OC)cc1CNC(=O)c1cc(F)ccc1F. The number of ether oxygens (including phenoxy) is 3. The van der Waals surface area contributed by atoms with Gasteiger partial charge in [-0.2, -0.15) is 0 Å². The molecule has 1 amide bonds. The first-order valence-electron chi connectivity index (χ1n) is 7.02.